The van der Waals surface area contributed by atoms with Crippen LogP contribution in [0, 0.1) is 11.5 Å². The zero-order valence-electron chi connectivity index (χ0n) is 8.54. The average molecular weight is 297 g/mol. The van der Waals surface area contributed by atoms with Crippen LogP contribution < -0.4 is 24.8 Å². The Labute approximate surface area is 113 Å². The first kappa shape index (κ1) is 19.5. The van der Waals surface area contributed by atoms with Crippen molar-refractivity contribution in [2.75, 3.05) is 0 Å². The molecule has 0 aromatic rings. The van der Waals surface area contributed by atoms with Crippen LogP contribution in [0.3, 0.4) is 0 Å². The molecule has 0 nitrogen and oxygen atoms in total. The van der Waals surface area contributed by atoms with Crippen LogP contribution in [0.4, 0.5) is 0 Å². The summed E-state index contributed by atoms with van der Waals surface area (Å²) in [6.45, 7) is 8.86. The van der Waals surface area contributed by atoms with Gasteiger partial charge in [-0.25, -0.2) is 11.6 Å². The van der Waals surface area contributed by atoms with E-state index in [1.165, 1.54) is 11.1 Å². The summed E-state index contributed by atoms with van der Waals surface area (Å²) in [5.41, 5.74) is 3.14. The van der Waals surface area contributed by atoms with E-state index >= 15 is 0 Å². The van der Waals surface area contributed by atoms with Crippen LogP contribution in [0.2, 0.25) is 0 Å². The van der Waals surface area contributed by atoms with Gasteiger partial charge < -0.3 is 24.8 Å². The Morgan fingerprint density at radius 2 is 1.69 bits per heavy atom. The number of hydrogen-bond acceptors (Lipinski definition) is 0. The molecule has 72 valence electrons. The predicted octanol–water partition coefficient (Wildman–Crippen LogP) is -2.88. The fraction of sp³-hybridized carbons (Fsp3) is 0.600. The van der Waals surface area contributed by atoms with Crippen LogP contribution in [-0.2, 0) is 26.2 Å². The SMILES string of the molecule is CC1=[C-]CC(C(C)(C)C)=C1.[Cl-].[Cl-].[Zr+4]. The number of hydrogen-bond donors (Lipinski definition) is 0. The maximum atomic E-state index is 3.30. The molecule has 0 aromatic carbocycles. The topological polar surface area (TPSA) is 0 Å². The first-order valence-electron chi connectivity index (χ1n) is 3.78. The van der Waals surface area contributed by atoms with Crippen molar-refractivity contribution in [2.45, 2.75) is 34.1 Å². The van der Waals surface area contributed by atoms with Crippen LogP contribution in [0.5, 0.6) is 0 Å². The van der Waals surface area contributed by atoms with Crippen molar-refractivity contribution in [2.24, 2.45) is 5.41 Å². The number of rotatable bonds is 0. The molecule has 0 fully saturated rings. The van der Waals surface area contributed by atoms with Gasteiger partial charge in [-0.1, -0.05) is 27.7 Å². The van der Waals surface area contributed by atoms with E-state index in [1.54, 1.807) is 0 Å². The van der Waals surface area contributed by atoms with Gasteiger partial charge in [0.1, 0.15) is 0 Å². The van der Waals surface area contributed by atoms with Gasteiger partial charge >= 0.3 is 26.2 Å². The molecule has 0 amide bonds. The second kappa shape index (κ2) is 7.26. The molecule has 0 spiro atoms. The van der Waals surface area contributed by atoms with Gasteiger partial charge in [-0.3, -0.25) is 6.08 Å². The normalized spacial score (nSPS) is 14.5. The average Bonchev–Trinajstić information content (AvgIpc) is 2.11. The summed E-state index contributed by atoms with van der Waals surface area (Å²) in [4.78, 5) is 0. The zero-order chi connectivity index (χ0) is 7.78. The minimum absolute atomic E-state index is 0. The van der Waals surface area contributed by atoms with E-state index < -0.39 is 0 Å². The Kier molecular flexibility index (Phi) is 10.9. The van der Waals surface area contributed by atoms with Crippen molar-refractivity contribution in [1.82, 2.24) is 0 Å². The van der Waals surface area contributed by atoms with Gasteiger partial charge in [0.25, 0.3) is 0 Å². The van der Waals surface area contributed by atoms with Gasteiger partial charge in [0, 0.05) is 0 Å². The summed E-state index contributed by atoms with van der Waals surface area (Å²) in [5.74, 6) is 0. The molecular weight excluding hydrogens is 282 g/mol. The van der Waals surface area contributed by atoms with Crippen molar-refractivity contribution in [1.29, 1.82) is 0 Å². The summed E-state index contributed by atoms with van der Waals surface area (Å²) in [7, 11) is 0. The molecule has 0 saturated heterocycles. The summed E-state index contributed by atoms with van der Waals surface area (Å²) in [5, 5.41) is 0. The summed E-state index contributed by atoms with van der Waals surface area (Å²) >= 11 is 0. The molecule has 13 heavy (non-hydrogen) atoms. The fourth-order valence-electron chi connectivity index (χ4n) is 1.08. The van der Waals surface area contributed by atoms with E-state index in [4.69, 9.17) is 0 Å². The molecule has 0 radical (unpaired) electrons. The molecule has 0 saturated carbocycles. The van der Waals surface area contributed by atoms with E-state index in [2.05, 4.69) is 39.8 Å². The van der Waals surface area contributed by atoms with Gasteiger partial charge in [-0.2, -0.15) is 5.57 Å². The van der Waals surface area contributed by atoms with Gasteiger partial charge in [0.2, 0.25) is 0 Å². The maximum Gasteiger partial charge on any atom is 4.00 e. The van der Waals surface area contributed by atoms with Crippen molar-refractivity contribution in [3.8, 4) is 0 Å². The van der Waals surface area contributed by atoms with E-state index in [0.717, 1.165) is 6.42 Å². The van der Waals surface area contributed by atoms with Crippen molar-refractivity contribution >= 4 is 0 Å². The Balaban J connectivity index is -0.000000333. The molecule has 1 aliphatic carbocycles. The van der Waals surface area contributed by atoms with Gasteiger partial charge in [-0.05, 0) is 5.41 Å². The van der Waals surface area contributed by atoms with Crippen molar-refractivity contribution in [3.63, 3.8) is 0 Å². The molecule has 3 heteroatoms. The van der Waals surface area contributed by atoms with E-state index in [9.17, 15) is 0 Å². The molecule has 0 bridgehead atoms. The molecule has 0 atom stereocenters. The van der Waals surface area contributed by atoms with E-state index in [-0.39, 0.29) is 51.0 Å². The van der Waals surface area contributed by atoms with Crippen molar-refractivity contribution in [3.05, 3.63) is 23.3 Å². The van der Waals surface area contributed by atoms with Gasteiger partial charge in [-0.15, -0.1) is 6.42 Å². The molecular formula is C10H15Cl2Zr+. The monoisotopic (exact) mass is 295 g/mol. The molecule has 0 unspecified atom stereocenters. The minimum Gasteiger partial charge on any atom is -1.00 e. The maximum absolute atomic E-state index is 3.30. The second-order valence-electron chi connectivity index (χ2n) is 3.96. The first-order chi connectivity index (χ1) is 4.50. The molecule has 0 heterocycles. The second-order valence-corrected chi connectivity index (χ2v) is 3.96. The largest absolute Gasteiger partial charge is 4.00 e. The molecule has 0 N–H and O–H groups in total. The van der Waals surface area contributed by atoms with Crippen LogP contribution >= 0.6 is 0 Å². The zero-order valence-corrected chi connectivity index (χ0v) is 12.5. The van der Waals surface area contributed by atoms with Crippen molar-refractivity contribution < 1.29 is 51.0 Å². The summed E-state index contributed by atoms with van der Waals surface area (Å²) < 4.78 is 0. The quantitative estimate of drug-likeness (QED) is 0.421. The Morgan fingerprint density at radius 1 is 1.23 bits per heavy atom. The van der Waals surface area contributed by atoms with Crippen LogP contribution in [-0.4, -0.2) is 0 Å². The Bertz CT molecular complexity index is 199. The Morgan fingerprint density at radius 3 is 1.85 bits per heavy atom. The van der Waals surface area contributed by atoms with Crippen LogP contribution in [0.25, 0.3) is 0 Å². The third kappa shape index (κ3) is 6.10. The standard InChI is InChI=1S/C10H15.2ClH.Zr/c1-8-5-6-9(7-8)10(2,3)4;;;/h7H,6H2,1-4H3;2*1H;/q-1;;;+4/p-2. The molecule has 0 aliphatic heterocycles. The van der Waals surface area contributed by atoms with Gasteiger partial charge in [0.15, 0.2) is 0 Å². The smallest absolute Gasteiger partial charge is 1.00 e. The third-order valence-electron chi connectivity index (χ3n) is 1.91. The van der Waals surface area contributed by atoms with Crippen LogP contribution in [0.1, 0.15) is 34.1 Å². The predicted molar refractivity (Wildman–Crippen MR) is 44.6 cm³/mol. The molecule has 0 aromatic heterocycles. The van der Waals surface area contributed by atoms with Gasteiger partial charge in [0.05, 0.1) is 0 Å². The van der Waals surface area contributed by atoms with E-state index in [1.807, 2.05) is 0 Å². The number of halogens is 2. The van der Waals surface area contributed by atoms with Crippen LogP contribution in [0.15, 0.2) is 17.2 Å². The fourth-order valence-corrected chi connectivity index (χ4v) is 1.08. The Hall–Kier alpha value is 0.943. The molecule has 1 rings (SSSR count). The third-order valence-corrected chi connectivity index (χ3v) is 1.91. The summed E-state index contributed by atoms with van der Waals surface area (Å²) in [6.07, 6.45) is 6.59. The minimum atomic E-state index is 0. The molecule has 1 aliphatic rings. The number of allylic oxidation sites excluding steroid dienone is 4. The van der Waals surface area contributed by atoms with E-state index in [0.29, 0.717) is 5.41 Å². The summed E-state index contributed by atoms with van der Waals surface area (Å²) in [6, 6.07) is 0. The first-order valence-corrected chi connectivity index (χ1v) is 3.78.